The summed E-state index contributed by atoms with van der Waals surface area (Å²) in [7, 11) is 0. The van der Waals surface area contributed by atoms with Crippen LogP contribution in [0.15, 0.2) is 24.8 Å². The summed E-state index contributed by atoms with van der Waals surface area (Å²) < 4.78 is 62.8. The molecule has 0 bridgehead atoms. The van der Waals surface area contributed by atoms with Gasteiger partial charge in [-0.2, -0.15) is 13.2 Å². The van der Waals surface area contributed by atoms with E-state index < -0.39 is 46.6 Å². The number of esters is 2. The zero-order valence-electron chi connectivity index (χ0n) is 18.1. The van der Waals surface area contributed by atoms with Crippen molar-refractivity contribution in [3.05, 3.63) is 41.2 Å². The second-order valence-corrected chi connectivity index (χ2v) is 9.16. The molecule has 1 aromatic rings. The highest BCUT2D eigenvalue weighted by molar-refractivity contribution is 6.31. The molecule has 1 aliphatic heterocycles. The molecule has 1 aromatic carbocycles. The number of carbonyl (C=O) groups excluding carboxylic acids is 2. The lowest BCUT2D eigenvalue weighted by molar-refractivity contribution is -0.164. The summed E-state index contributed by atoms with van der Waals surface area (Å²) in [6.45, 7) is 3.68. The molecule has 33 heavy (non-hydrogen) atoms. The molecular weight excluding hydrogens is 464 g/mol. The number of ether oxygens (including phenoxy) is 2. The first-order chi connectivity index (χ1) is 15.6. The SMILES string of the molecule is C=CCCC1CCC(C2CCC(C(=O)Oc3ccc(CC(F)(F)F)c(Cl)c3F)CC2)C(=O)O1. The number of cyclic esters (lactones) is 1. The van der Waals surface area contributed by atoms with Crippen LogP contribution in [0, 0.1) is 23.6 Å². The summed E-state index contributed by atoms with van der Waals surface area (Å²) in [6, 6.07) is 2.00. The number of allylic oxidation sites excluding steroid dienone is 1. The van der Waals surface area contributed by atoms with Crippen LogP contribution in [0.3, 0.4) is 0 Å². The molecule has 1 saturated carbocycles. The van der Waals surface area contributed by atoms with Crippen LogP contribution in [0.25, 0.3) is 0 Å². The van der Waals surface area contributed by atoms with E-state index in [2.05, 4.69) is 6.58 Å². The summed E-state index contributed by atoms with van der Waals surface area (Å²) in [4.78, 5) is 25.0. The van der Waals surface area contributed by atoms with Gasteiger partial charge in [0.15, 0.2) is 11.6 Å². The molecule has 0 aromatic heterocycles. The Balaban J connectivity index is 1.52. The third-order valence-corrected chi connectivity index (χ3v) is 6.89. The average molecular weight is 491 g/mol. The molecule has 0 amide bonds. The third kappa shape index (κ3) is 6.71. The topological polar surface area (TPSA) is 52.6 Å². The number of hydrogen-bond acceptors (Lipinski definition) is 4. The lowest BCUT2D eigenvalue weighted by atomic mass is 9.73. The van der Waals surface area contributed by atoms with Crippen LogP contribution in [0.5, 0.6) is 5.75 Å². The summed E-state index contributed by atoms with van der Waals surface area (Å²) in [6.07, 6.45) is 1.22. The Morgan fingerprint density at radius 3 is 2.48 bits per heavy atom. The minimum atomic E-state index is -4.54. The lowest BCUT2D eigenvalue weighted by Gasteiger charge is -2.36. The number of hydrogen-bond donors (Lipinski definition) is 0. The monoisotopic (exact) mass is 490 g/mol. The fourth-order valence-corrected chi connectivity index (χ4v) is 4.90. The van der Waals surface area contributed by atoms with E-state index in [0.717, 1.165) is 37.8 Å². The van der Waals surface area contributed by atoms with E-state index in [1.807, 2.05) is 0 Å². The van der Waals surface area contributed by atoms with Gasteiger partial charge in [0.25, 0.3) is 0 Å². The predicted molar refractivity (Wildman–Crippen MR) is 114 cm³/mol. The highest BCUT2D eigenvalue weighted by Crippen LogP contribution is 2.40. The van der Waals surface area contributed by atoms with E-state index in [1.54, 1.807) is 6.08 Å². The lowest BCUT2D eigenvalue weighted by Crippen LogP contribution is -2.37. The molecule has 1 saturated heterocycles. The second kappa shape index (κ2) is 10.9. The third-order valence-electron chi connectivity index (χ3n) is 6.48. The van der Waals surface area contributed by atoms with E-state index in [0.29, 0.717) is 25.7 Å². The Hall–Kier alpha value is -2.09. The Labute approximate surface area is 195 Å². The maximum atomic E-state index is 14.4. The molecule has 2 fully saturated rings. The van der Waals surface area contributed by atoms with Gasteiger partial charge in [-0.3, -0.25) is 9.59 Å². The van der Waals surface area contributed by atoms with Gasteiger partial charge in [-0.1, -0.05) is 23.7 Å². The van der Waals surface area contributed by atoms with Crippen molar-refractivity contribution in [1.82, 2.24) is 0 Å². The van der Waals surface area contributed by atoms with E-state index in [-0.39, 0.29) is 23.9 Å². The quantitative estimate of drug-likeness (QED) is 0.187. The average Bonchev–Trinajstić information content (AvgIpc) is 2.77. The summed E-state index contributed by atoms with van der Waals surface area (Å²) in [5, 5.41) is -0.705. The molecule has 2 atom stereocenters. The molecule has 2 unspecified atom stereocenters. The Kier molecular flexibility index (Phi) is 8.43. The van der Waals surface area contributed by atoms with Gasteiger partial charge >= 0.3 is 18.1 Å². The van der Waals surface area contributed by atoms with Crippen LogP contribution in [-0.4, -0.2) is 24.2 Å². The molecule has 182 valence electrons. The maximum absolute atomic E-state index is 14.4. The normalized spacial score (nSPS) is 25.9. The van der Waals surface area contributed by atoms with Gasteiger partial charge in [-0.25, -0.2) is 4.39 Å². The number of alkyl halides is 3. The van der Waals surface area contributed by atoms with E-state index in [9.17, 15) is 27.2 Å². The summed E-state index contributed by atoms with van der Waals surface area (Å²) in [5.41, 5.74) is -0.423. The minimum Gasteiger partial charge on any atom is -0.462 e. The summed E-state index contributed by atoms with van der Waals surface area (Å²) >= 11 is 5.72. The number of benzene rings is 1. The van der Waals surface area contributed by atoms with Crippen molar-refractivity contribution >= 4 is 23.5 Å². The first kappa shape index (κ1) is 25.5. The van der Waals surface area contributed by atoms with Gasteiger partial charge in [0, 0.05) is 0 Å². The van der Waals surface area contributed by atoms with Gasteiger partial charge in [-0.05, 0) is 68.9 Å². The van der Waals surface area contributed by atoms with E-state index >= 15 is 0 Å². The molecule has 0 radical (unpaired) electrons. The Morgan fingerprint density at radius 1 is 1.18 bits per heavy atom. The predicted octanol–water partition coefficient (Wildman–Crippen LogP) is 6.58. The molecular formula is C24H27ClF4O4. The van der Waals surface area contributed by atoms with Gasteiger partial charge in [0.2, 0.25) is 0 Å². The van der Waals surface area contributed by atoms with Crippen molar-refractivity contribution in [3.63, 3.8) is 0 Å². The Bertz CT molecular complexity index is 878. The molecule has 2 aliphatic rings. The zero-order valence-corrected chi connectivity index (χ0v) is 18.9. The molecule has 1 heterocycles. The van der Waals surface area contributed by atoms with Crippen molar-refractivity contribution in [3.8, 4) is 5.75 Å². The van der Waals surface area contributed by atoms with Gasteiger partial charge in [0.05, 0.1) is 23.3 Å². The first-order valence-corrected chi connectivity index (χ1v) is 11.5. The minimum absolute atomic E-state index is 0.0673. The van der Waals surface area contributed by atoms with Crippen LogP contribution in [-0.2, 0) is 20.7 Å². The van der Waals surface area contributed by atoms with Crippen molar-refractivity contribution < 1.29 is 36.6 Å². The standard InChI is InChI=1S/C24H27ClF4O4/c1-2-3-4-17-10-11-18(23(31)32-17)14-5-7-15(8-6-14)22(30)33-19-12-9-16(13-24(27,28)29)20(25)21(19)26/h2,9,12,14-15,17-18H,1,3-8,10-11,13H2. The molecule has 9 heteroatoms. The van der Waals surface area contributed by atoms with Crippen molar-refractivity contribution in [1.29, 1.82) is 0 Å². The van der Waals surface area contributed by atoms with Gasteiger partial charge < -0.3 is 9.47 Å². The number of carbonyl (C=O) groups is 2. The van der Waals surface area contributed by atoms with Gasteiger partial charge in [0.1, 0.15) is 6.10 Å². The van der Waals surface area contributed by atoms with E-state index in [4.69, 9.17) is 21.1 Å². The maximum Gasteiger partial charge on any atom is 0.393 e. The van der Waals surface area contributed by atoms with Crippen LogP contribution in [0.4, 0.5) is 17.6 Å². The fraction of sp³-hybridized carbons (Fsp3) is 0.583. The second-order valence-electron chi connectivity index (χ2n) is 8.78. The Morgan fingerprint density at radius 2 is 1.88 bits per heavy atom. The number of halogens is 5. The smallest absolute Gasteiger partial charge is 0.393 e. The van der Waals surface area contributed by atoms with Crippen LogP contribution in [0.2, 0.25) is 5.02 Å². The first-order valence-electron chi connectivity index (χ1n) is 11.2. The molecule has 3 rings (SSSR count). The molecule has 1 aliphatic carbocycles. The molecule has 0 spiro atoms. The van der Waals surface area contributed by atoms with Crippen molar-refractivity contribution in [2.24, 2.45) is 17.8 Å². The van der Waals surface area contributed by atoms with Crippen LogP contribution < -0.4 is 4.74 Å². The number of rotatable bonds is 7. The highest BCUT2D eigenvalue weighted by atomic mass is 35.5. The van der Waals surface area contributed by atoms with Crippen molar-refractivity contribution in [2.45, 2.75) is 70.1 Å². The zero-order chi connectivity index (χ0) is 24.2. The molecule has 4 nitrogen and oxygen atoms in total. The molecule has 0 N–H and O–H groups in total. The van der Waals surface area contributed by atoms with Crippen molar-refractivity contribution in [2.75, 3.05) is 0 Å². The largest absolute Gasteiger partial charge is 0.462 e. The van der Waals surface area contributed by atoms with Gasteiger partial charge in [-0.15, -0.1) is 6.58 Å². The summed E-state index contributed by atoms with van der Waals surface area (Å²) in [5.74, 6) is -3.04. The fourth-order valence-electron chi connectivity index (χ4n) is 4.68. The van der Waals surface area contributed by atoms with Crippen LogP contribution >= 0.6 is 11.6 Å². The highest BCUT2D eigenvalue weighted by Gasteiger charge is 2.39. The van der Waals surface area contributed by atoms with Crippen LogP contribution in [0.1, 0.15) is 56.9 Å². The van der Waals surface area contributed by atoms with E-state index in [1.165, 1.54) is 0 Å².